The molecule has 0 saturated carbocycles. The Morgan fingerprint density at radius 1 is 0.759 bits per heavy atom. The molecule has 0 aromatic rings. The average molecular weight is 439 g/mol. The number of hydrogen-bond donors (Lipinski definition) is 3. The third-order valence-electron chi connectivity index (χ3n) is 4.86. The minimum absolute atomic E-state index is 0.296. The lowest BCUT2D eigenvalue weighted by atomic mass is 10.0. The molecule has 0 aromatic carbocycles. The number of phosphoric acid groups is 1. The number of carbonyl (C=O) groups is 1. The summed E-state index contributed by atoms with van der Waals surface area (Å²) < 4.78 is 19.5. The summed E-state index contributed by atoms with van der Waals surface area (Å²) in [5.41, 5.74) is 0. The molecular formula is C21H43O7P. The van der Waals surface area contributed by atoms with Gasteiger partial charge in [0.25, 0.3) is 0 Å². The number of aliphatic hydroxyl groups excluding tert-OH is 1. The molecule has 0 aliphatic carbocycles. The van der Waals surface area contributed by atoms with Crippen molar-refractivity contribution in [3.63, 3.8) is 0 Å². The van der Waals surface area contributed by atoms with Crippen molar-refractivity contribution in [3.05, 3.63) is 0 Å². The number of phosphoric ester groups is 1. The minimum atomic E-state index is -4.61. The van der Waals surface area contributed by atoms with Crippen LogP contribution in [-0.4, -0.2) is 40.2 Å². The summed E-state index contributed by atoms with van der Waals surface area (Å²) in [5, 5.41) is 9.42. The van der Waals surface area contributed by atoms with Crippen LogP contribution >= 0.6 is 7.82 Å². The molecule has 0 aliphatic heterocycles. The first kappa shape index (κ1) is 28.5. The van der Waals surface area contributed by atoms with E-state index in [1.54, 1.807) is 0 Å². The summed E-state index contributed by atoms with van der Waals surface area (Å²) in [6.07, 6.45) is 18.0. The summed E-state index contributed by atoms with van der Waals surface area (Å²) in [6, 6.07) is 0. The quantitative estimate of drug-likeness (QED) is 0.127. The summed E-state index contributed by atoms with van der Waals surface area (Å²) in [5.74, 6) is -0.407. The number of carbonyl (C=O) groups excluding carboxylic acids is 1. The van der Waals surface area contributed by atoms with Crippen molar-refractivity contribution in [1.29, 1.82) is 0 Å². The maximum absolute atomic E-state index is 11.6. The van der Waals surface area contributed by atoms with Gasteiger partial charge in [0.1, 0.15) is 12.7 Å². The molecule has 174 valence electrons. The SMILES string of the molecule is CCCCCCCCCCCCCCCCCC(=O)OC[C@@H](O)COP(=O)(O)O. The van der Waals surface area contributed by atoms with E-state index in [2.05, 4.69) is 11.4 Å². The lowest BCUT2D eigenvalue weighted by Crippen LogP contribution is -2.23. The number of unbranched alkanes of at least 4 members (excludes halogenated alkanes) is 14. The van der Waals surface area contributed by atoms with Gasteiger partial charge in [-0.1, -0.05) is 96.8 Å². The van der Waals surface area contributed by atoms with Crippen LogP contribution in [0.15, 0.2) is 0 Å². The molecule has 0 aliphatic rings. The van der Waals surface area contributed by atoms with Crippen molar-refractivity contribution in [3.8, 4) is 0 Å². The fourth-order valence-corrected chi connectivity index (χ4v) is 3.50. The second-order valence-electron chi connectivity index (χ2n) is 7.82. The van der Waals surface area contributed by atoms with Gasteiger partial charge in [0.15, 0.2) is 0 Å². The Labute approximate surface area is 176 Å². The molecule has 0 heterocycles. The van der Waals surface area contributed by atoms with E-state index in [1.807, 2.05) is 0 Å². The zero-order chi connectivity index (χ0) is 21.8. The van der Waals surface area contributed by atoms with E-state index in [-0.39, 0.29) is 6.61 Å². The molecule has 0 amide bonds. The zero-order valence-electron chi connectivity index (χ0n) is 18.2. The number of aliphatic hydroxyl groups is 1. The van der Waals surface area contributed by atoms with Crippen LogP contribution in [0.2, 0.25) is 0 Å². The number of hydrogen-bond acceptors (Lipinski definition) is 5. The highest BCUT2D eigenvalue weighted by Gasteiger charge is 2.17. The molecule has 0 bridgehead atoms. The normalized spacial score (nSPS) is 12.8. The van der Waals surface area contributed by atoms with Gasteiger partial charge in [-0.25, -0.2) is 4.57 Å². The van der Waals surface area contributed by atoms with Gasteiger partial charge in [0, 0.05) is 6.42 Å². The molecule has 1 atom stereocenters. The Bertz CT molecular complexity index is 425. The van der Waals surface area contributed by atoms with Gasteiger partial charge in [-0.15, -0.1) is 0 Å². The van der Waals surface area contributed by atoms with Gasteiger partial charge in [0.2, 0.25) is 0 Å². The van der Waals surface area contributed by atoms with Crippen LogP contribution in [0, 0.1) is 0 Å². The Morgan fingerprint density at radius 3 is 1.59 bits per heavy atom. The third kappa shape index (κ3) is 23.7. The van der Waals surface area contributed by atoms with Crippen LogP contribution in [0.3, 0.4) is 0 Å². The van der Waals surface area contributed by atoms with Crippen LogP contribution in [0.25, 0.3) is 0 Å². The van der Waals surface area contributed by atoms with Gasteiger partial charge in [0.05, 0.1) is 6.61 Å². The number of rotatable bonds is 21. The smallest absolute Gasteiger partial charge is 0.463 e. The fourth-order valence-electron chi connectivity index (χ4n) is 3.13. The standard InChI is InChI=1S/C21H43O7P/c1-2-3-4-5-6-7-8-9-10-11-12-13-14-15-16-17-21(23)27-18-20(22)19-28-29(24,25)26/h20,22H,2-19H2,1H3,(H2,24,25,26)/t20-/m1/s1. The highest BCUT2D eigenvalue weighted by molar-refractivity contribution is 7.46. The Morgan fingerprint density at radius 2 is 1.17 bits per heavy atom. The van der Waals surface area contributed by atoms with Gasteiger partial charge in [-0.2, -0.15) is 0 Å². The van der Waals surface area contributed by atoms with Crippen LogP contribution in [0.1, 0.15) is 110 Å². The first-order chi connectivity index (χ1) is 13.8. The summed E-state index contributed by atoms with van der Waals surface area (Å²) in [6.45, 7) is 1.36. The minimum Gasteiger partial charge on any atom is -0.463 e. The van der Waals surface area contributed by atoms with Crippen LogP contribution in [-0.2, 0) is 18.6 Å². The van der Waals surface area contributed by atoms with E-state index in [4.69, 9.17) is 14.5 Å². The highest BCUT2D eigenvalue weighted by atomic mass is 31.2. The first-order valence-electron chi connectivity index (χ1n) is 11.4. The molecule has 0 aromatic heterocycles. The molecule has 3 N–H and O–H groups in total. The zero-order valence-corrected chi connectivity index (χ0v) is 19.1. The Kier molecular flexibility index (Phi) is 19.2. The van der Waals surface area contributed by atoms with E-state index in [0.717, 1.165) is 19.3 Å². The maximum atomic E-state index is 11.6. The number of ether oxygens (including phenoxy) is 1. The van der Waals surface area contributed by atoms with Crippen molar-refractivity contribution in [1.82, 2.24) is 0 Å². The van der Waals surface area contributed by atoms with Crippen molar-refractivity contribution in [2.75, 3.05) is 13.2 Å². The van der Waals surface area contributed by atoms with Crippen molar-refractivity contribution in [2.24, 2.45) is 0 Å². The van der Waals surface area contributed by atoms with Crippen molar-refractivity contribution in [2.45, 2.75) is 116 Å². The van der Waals surface area contributed by atoms with Crippen LogP contribution in [0.5, 0.6) is 0 Å². The van der Waals surface area contributed by atoms with E-state index in [0.29, 0.717) is 6.42 Å². The molecule has 0 rings (SSSR count). The van der Waals surface area contributed by atoms with E-state index >= 15 is 0 Å². The monoisotopic (exact) mass is 438 g/mol. The predicted octanol–water partition coefficient (Wildman–Crippen LogP) is 5.26. The molecular weight excluding hydrogens is 395 g/mol. The first-order valence-corrected chi connectivity index (χ1v) is 12.9. The summed E-state index contributed by atoms with van der Waals surface area (Å²) >= 11 is 0. The maximum Gasteiger partial charge on any atom is 0.469 e. The fraction of sp³-hybridized carbons (Fsp3) is 0.952. The van der Waals surface area contributed by atoms with Crippen LogP contribution in [0.4, 0.5) is 0 Å². The molecule has 7 nitrogen and oxygen atoms in total. The second-order valence-corrected chi connectivity index (χ2v) is 9.06. The highest BCUT2D eigenvalue weighted by Crippen LogP contribution is 2.35. The summed E-state index contributed by atoms with van der Waals surface area (Å²) in [4.78, 5) is 28.6. The van der Waals surface area contributed by atoms with E-state index < -0.39 is 26.5 Å². The summed E-state index contributed by atoms with van der Waals surface area (Å²) in [7, 11) is -4.61. The van der Waals surface area contributed by atoms with Crippen molar-refractivity contribution >= 4 is 13.8 Å². The van der Waals surface area contributed by atoms with E-state index in [9.17, 15) is 14.5 Å². The molecule has 0 saturated heterocycles. The number of esters is 1. The molecule has 29 heavy (non-hydrogen) atoms. The molecule has 0 spiro atoms. The largest absolute Gasteiger partial charge is 0.469 e. The lowest BCUT2D eigenvalue weighted by molar-refractivity contribution is -0.147. The Hall–Kier alpha value is -0.460. The second kappa shape index (κ2) is 19.5. The molecule has 8 heteroatoms. The molecule has 0 unspecified atom stereocenters. The topological polar surface area (TPSA) is 113 Å². The third-order valence-corrected chi connectivity index (χ3v) is 5.34. The molecule has 0 radical (unpaired) electrons. The van der Waals surface area contributed by atoms with E-state index in [1.165, 1.54) is 77.0 Å². The lowest BCUT2D eigenvalue weighted by Gasteiger charge is -2.12. The van der Waals surface area contributed by atoms with Gasteiger partial charge in [-0.3, -0.25) is 9.32 Å². The van der Waals surface area contributed by atoms with Crippen LogP contribution < -0.4 is 0 Å². The van der Waals surface area contributed by atoms with Crippen molar-refractivity contribution < 1.29 is 33.5 Å². The molecule has 0 fully saturated rings. The van der Waals surface area contributed by atoms with Gasteiger partial charge >= 0.3 is 13.8 Å². The predicted molar refractivity (Wildman–Crippen MR) is 115 cm³/mol. The van der Waals surface area contributed by atoms with Gasteiger partial charge < -0.3 is 19.6 Å². The van der Waals surface area contributed by atoms with Gasteiger partial charge in [-0.05, 0) is 6.42 Å². The average Bonchev–Trinajstić information content (AvgIpc) is 2.67. The Balaban J connectivity index is 3.29.